The Morgan fingerprint density at radius 2 is 2.00 bits per heavy atom. The van der Waals surface area contributed by atoms with Crippen LogP contribution >= 0.6 is 27.5 Å². The highest BCUT2D eigenvalue weighted by Gasteiger charge is 2.28. The summed E-state index contributed by atoms with van der Waals surface area (Å²) in [6.07, 6.45) is 4.31. The van der Waals surface area contributed by atoms with Crippen molar-refractivity contribution in [1.82, 2.24) is 19.6 Å². The summed E-state index contributed by atoms with van der Waals surface area (Å²) in [5.41, 5.74) is 1.14. The maximum Gasteiger partial charge on any atom is 0.247 e. The number of carbonyl (C=O) groups excluding carboxylic acids is 1. The first-order valence-corrected chi connectivity index (χ1v) is 9.69. The van der Waals surface area contributed by atoms with Gasteiger partial charge in [-0.05, 0) is 34.0 Å². The van der Waals surface area contributed by atoms with Gasteiger partial charge in [-0.3, -0.25) is 14.4 Å². The third kappa shape index (κ3) is 4.43. The van der Waals surface area contributed by atoms with E-state index in [1.165, 1.54) is 0 Å². The quantitative estimate of drug-likeness (QED) is 0.735. The van der Waals surface area contributed by atoms with Crippen molar-refractivity contribution < 1.29 is 4.79 Å². The molecular formula is C18H22BrClN4O. The number of nitrogens with zero attached hydrogens (tertiary/aromatic N) is 4. The molecule has 5 nitrogen and oxygen atoms in total. The van der Waals surface area contributed by atoms with Gasteiger partial charge in [-0.1, -0.05) is 36.7 Å². The minimum Gasteiger partial charge on any atom is -0.338 e. The lowest BCUT2D eigenvalue weighted by atomic mass is 10.1. The second-order valence-corrected chi connectivity index (χ2v) is 7.58. The van der Waals surface area contributed by atoms with Gasteiger partial charge in [-0.25, -0.2) is 0 Å². The summed E-state index contributed by atoms with van der Waals surface area (Å²) in [5.74, 6) is 0.149. The minimum absolute atomic E-state index is 0.149. The second kappa shape index (κ2) is 8.34. The largest absolute Gasteiger partial charge is 0.338 e. The molecule has 1 fully saturated rings. The zero-order valence-electron chi connectivity index (χ0n) is 14.2. The van der Waals surface area contributed by atoms with Gasteiger partial charge < -0.3 is 4.90 Å². The zero-order valence-corrected chi connectivity index (χ0v) is 16.6. The topological polar surface area (TPSA) is 41.4 Å². The summed E-state index contributed by atoms with van der Waals surface area (Å²) >= 11 is 9.64. The molecule has 2 aromatic rings. The number of carbonyl (C=O) groups is 1. The molecular weight excluding hydrogens is 404 g/mol. The van der Waals surface area contributed by atoms with E-state index in [-0.39, 0.29) is 11.9 Å². The molecule has 1 saturated heterocycles. The predicted octanol–water partition coefficient (Wildman–Crippen LogP) is 3.59. The average molecular weight is 426 g/mol. The summed E-state index contributed by atoms with van der Waals surface area (Å²) in [6.45, 7) is 6.04. The summed E-state index contributed by atoms with van der Waals surface area (Å²) < 4.78 is 2.64. The average Bonchev–Trinajstić information content (AvgIpc) is 3.04. The Hall–Kier alpha value is -1.37. The van der Waals surface area contributed by atoms with E-state index in [0.29, 0.717) is 0 Å². The maximum absolute atomic E-state index is 12.9. The van der Waals surface area contributed by atoms with E-state index in [2.05, 4.69) is 32.0 Å². The molecule has 134 valence electrons. The number of amides is 1. The molecule has 1 atom stereocenters. The monoisotopic (exact) mass is 424 g/mol. The number of piperazine rings is 1. The van der Waals surface area contributed by atoms with E-state index in [9.17, 15) is 4.79 Å². The summed E-state index contributed by atoms with van der Waals surface area (Å²) in [4.78, 5) is 17.2. The van der Waals surface area contributed by atoms with Gasteiger partial charge in [-0.15, -0.1) is 0 Å². The summed E-state index contributed by atoms with van der Waals surface area (Å²) in [5, 5.41) is 5.08. The number of halogens is 2. The molecule has 0 aliphatic carbocycles. The first-order chi connectivity index (χ1) is 12.1. The minimum atomic E-state index is -0.235. The lowest BCUT2D eigenvalue weighted by Gasteiger charge is -2.36. The Morgan fingerprint density at radius 1 is 1.28 bits per heavy atom. The molecule has 0 N–H and O–H groups in total. The van der Waals surface area contributed by atoms with Gasteiger partial charge in [0.05, 0.1) is 10.7 Å². The number of benzene rings is 1. The van der Waals surface area contributed by atoms with E-state index in [1.54, 1.807) is 10.9 Å². The van der Waals surface area contributed by atoms with Gasteiger partial charge in [-0.2, -0.15) is 5.10 Å². The second-order valence-electron chi connectivity index (χ2n) is 6.26. The fraction of sp³-hybridized carbons (Fsp3) is 0.444. The first kappa shape index (κ1) is 18.4. The Balaban J connectivity index is 1.58. The van der Waals surface area contributed by atoms with Gasteiger partial charge >= 0.3 is 0 Å². The summed E-state index contributed by atoms with van der Waals surface area (Å²) in [6, 6.07) is 7.70. The van der Waals surface area contributed by atoms with E-state index >= 15 is 0 Å². The van der Waals surface area contributed by atoms with Crippen LogP contribution < -0.4 is 0 Å². The zero-order chi connectivity index (χ0) is 17.8. The molecule has 1 aliphatic rings. The molecule has 25 heavy (non-hydrogen) atoms. The molecule has 2 heterocycles. The molecule has 1 aliphatic heterocycles. The molecule has 1 unspecified atom stereocenters. The third-order valence-electron chi connectivity index (χ3n) is 4.60. The van der Waals surface area contributed by atoms with Crippen LogP contribution in [0.4, 0.5) is 0 Å². The molecule has 3 rings (SSSR count). The smallest absolute Gasteiger partial charge is 0.247 e. The van der Waals surface area contributed by atoms with Crippen molar-refractivity contribution in [3.05, 3.63) is 51.7 Å². The number of rotatable bonds is 5. The lowest BCUT2D eigenvalue weighted by Crippen LogP contribution is -2.50. The molecule has 0 radical (unpaired) electrons. The van der Waals surface area contributed by atoms with Crippen molar-refractivity contribution in [3.63, 3.8) is 0 Å². The van der Waals surface area contributed by atoms with E-state index < -0.39 is 0 Å². The standard InChI is InChI=1S/C18H22BrClN4O/c1-2-17(24-13-15(19)11-21-24)18(25)23-9-7-22(8-10-23)12-14-5-3-4-6-16(14)20/h3-6,11,13,17H,2,7-10,12H2,1H3. The van der Waals surface area contributed by atoms with Crippen LogP contribution in [0.3, 0.4) is 0 Å². The molecule has 0 bridgehead atoms. The molecule has 1 aromatic carbocycles. The van der Waals surface area contributed by atoms with Crippen LogP contribution in [0.25, 0.3) is 0 Å². The van der Waals surface area contributed by atoms with E-state index in [0.717, 1.165) is 54.2 Å². The van der Waals surface area contributed by atoms with E-state index in [4.69, 9.17) is 11.6 Å². The van der Waals surface area contributed by atoms with Crippen molar-refractivity contribution in [3.8, 4) is 0 Å². The van der Waals surface area contributed by atoms with Crippen molar-refractivity contribution in [1.29, 1.82) is 0 Å². The molecule has 1 aromatic heterocycles. The van der Waals surface area contributed by atoms with Crippen molar-refractivity contribution in [2.45, 2.75) is 25.9 Å². The summed E-state index contributed by atoms with van der Waals surface area (Å²) in [7, 11) is 0. The first-order valence-electron chi connectivity index (χ1n) is 8.52. The van der Waals surface area contributed by atoms with Crippen molar-refractivity contribution >= 4 is 33.4 Å². The Morgan fingerprint density at radius 3 is 2.60 bits per heavy atom. The molecule has 7 heteroatoms. The Kier molecular flexibility index (Phi) is 6.15. The van der Waals surface area contributed by atoms with Crippen molar-refractivity contribution in [2.75, 3.05) is 26.2 Å². The molecule has 0 saturated carbocycles. The SMILES string of the molecule is CCC(C(=O)N1CCN(Cc2ccccc2Cl)CC1)n1cc(Br)cn1. The van der Waals surface area contributed by atoms with Gasteiger partial charge in [0.2, 0.25) is 5.91 Å². The molecule has 1 amide bonds. The van der Waals surface area contributed by atoms with Gasteiger partial charge in [0.15, 0.2) is 0 Å². The van der Waals surface area contributed by atoms with E-state index in [1.807, 2.05) is 36.2 Å². The highest BCUT2D eigenvalue weighted by atomic mass is 79.9. The number of aromatic nitrogens is 2. The maximum atomic E-state index is 12.9. The van der Waals surface area contributed by atoms with Crippen LogP contribution in [0.2, 0.25) is 5.02 Å². The van der Waals surface area contributed by atoms with Gasteiger partial charge in [0.25, 0.3) is 0 Å². The Bertz CT molecular complexity index is 727. The fourth-order valence-corrected chi connectivity index (χ4v) is 3.66. The van der Waals surface area contributed by atoms with Crippen LogP contribution in [-0.2, 0) is 11.3 Å². The highest BCUT2D eigenvalue weighted by Crippen LogP contribution is 2.20. The normalized spacial score (nSPS) is 16.8. The third-order valence-corrected chi connectivity index (χ3v) is 5.38. The van der Waals surface area contributed by atoms with Gasteiger partial charge in [0, 0.05) is 43.9 Å². The Labute approximate surface area is 161 Å². The van der Waals surface area contributed by atoms with Crippen LogP contribution in [0.1, 0.15) is 24.9 Å². The predicted molar refractivity (Wildman–Crippen MR) is 103 cm³/mol. The van der Waals surface area contributed by atoms with Crippen LogP contribution in [0, 0.1) is 0 Å². The van der Waals surface area contributed by atoms with Crippen LogP contribution in [0.5, 0.6) is 0 Å². The highest BCUT2D eigenvalue weighted by molar-refractivity contribution is 9.10. The van der Waals surface area contributed by atoms with Gasteiger partial charge in [0.1, 0.15) is 6.04 Å². The fourth-order valence-electron chi connectivity index (χ4n) is 3.16. The van der Waals surface area contributed by atoms with Crippen LogP contribution in [0.15, 0.2) is 41.1 Å². The van der Waals surface area contributed by atoms with Crippen molar-refractivity contribution in [2.24, 2.45) is 0 Å². The lowest BCUT2D eigenvalue weighted by molar-refractivity contribution is -0.137. The number of hydrogen-bond acceptors (Lipinski definition) is 3. The van der Waals surface area contributed by atoms with Crippen LogP contribution in [-0.4, -0.2) is 51.7 Å². The number of hydrogen-bond donors (Lipinski definition) is 0. The molecule has 0 spiro atoms.